The second kappa shape index (κ2) is 7.18. The summed E-state index contributed by atoms with van der Waals surface area (Å²) < 4.78 is 0. The number of para-hydroxylation sites is 1. The fraction of sp³-hybridized carbons (Fsp3) is 0.304. The summed E-state index contributed by atoms with van der Waals surface area (Å²) in [6, 6.07) is 13.7. The SMILES string of the molecule is CN(C)CC1CCN(c2cc(N)c3nc(-c4cc5ccccc5[nH]c4=O)[nH]c3c2)C1. The first kappa shape index (κ1) is 18.7. The number of imidazole rings is 1. The predicted molar refractivity (Wildman–Crippen MR) is 123 cm³/mol. The van der Waals surface area contributed by atoms with Crippen LogP contribution in [0.2, 0.25) is 0 Å². The molecule has 0 bridgehead atoms. The van der Waals surface area contributed by atoms with E-state index in [2.05, 4.69) is 44.9 Å². The van der Waals surface area contributed by atoms with Gasteiger partial charge in [-0.3, -0.25) is 4.79 Å². The Labute approximate surface area is 174 Å². The van der Waals surface area contributed by atoms with Gasteiger partial charge in [0.2, 0.25) is 0 Å². The molecule has 4 aromatic rings. The van der Waals surface area contributed by atoms with E-state index in [4.69, 9.17) is 5.73 Å². The van der Waals surface area contributed by atoms with E-state index >= 15 is 0 Å². The lowest BCUT2D eigenvalue weighted by Crippen LogP contribution is -2.25. The minimum Gasteiger partial charge on any atom is -0.397 e. The van der Waals surface area contributed by atoms with Crippen molar-refractivity contribution in [2.24, 2.45) is 5.92 Å². The van der Waals surface area contributed by atoms with Gasteiger partial charge in [-0.1, -0.05) is 18.2 Å². The molecule has 1 aliphatic heterocycles. The molecule has 7 heteroatoms. The first-order valence-electron chi connectivity index (χ1n) is 10.3. The molecule has 0 amide bonds. The lowest BCUT2D eigenvalue weighted by molar-refractivity contribution is 0.340. The summed E-state index contributed by atoms with van der Waals surface area (Å²) in [6.45, 7) is 3.14. The third kappa shape index (κ3) is 3.31. The number of rotatable bonds is 4. The quantitative estimate of drug-likeness (QED) is 0.456. The summed E-state index contributed by atoms with van der Waals surface area (Å²) >= 11 is 0. The van der Waals surface area contributed by atoms with E-state index in [-0.39, 0.29) is 5.56 Å². The molecule has 7 nitrogen and oxygen atoms in total. The van der Waals surface area contributed by atoms with Crippen LogP contribution < -0.4 is 16.2 Å². The van der Waals surface area contributed by atoms with E-state index in [1.54, 1.807) is 0 Å². The van der Waals surface area contributed by atoms with Gasteiger partial charge in [-0.05, 0) is 56.1 Å². The second-order valence-electron chi connectivity index (χ2n) is 8.48. The van der Waals surface area contributed by atoms with Crippen molar-refractivity contribution in [1.82, 2.24) is 19.9 Å². The van der Waals surface area contributed by atoms with Gasteiger partial charge in [0.25, 0.3) is 5.56 Å². The highest BCUT2D eigenvalue weighted by Gasteiger charge is 2.24. The van der Waals surface area contributed by atoms with Crippen molar-refractivity contribution in [2.45, 2.75) is 6.42 Å². The number of hydrogen-bond acceptors (Lipinski definition) is 5. The van der Waals surface area contributed by atoms with Gasteiger partial charge in [0.15, 0.2) is 0 Å². The third-order valence-corrected chi connectivity index (χ3v) is 5.88. The number of nitrogens with two attached hydrogens (primary N) is 1. The summed E-state index contributed by atoms with van der Waals surface area (Å²) in [5.74, 6) is 1.19. The van der Waals surface area contributed by atoms with Crippen LogP contribution in [0.5, 0.6) is 0 Å². The number of nitrogen functional groups attached to an aromatic ring is 1. The Morgan fingerprint density at radius 2 is 2.00 bits per heavy atom. The number of pyridine rings is 1. The summed E-state index contributed by atoms with van der Waals surface area (Å²) in [5.41, 5.74) is 10.8. The van der Waals surface area contributed by atoms with Crippen molar-refractivity contribution in [2.75, 3.05) is 44.4 Å². The van der Waals surface area contributed by atoms with E-state index in [9.17, 15) is 4.79 Å². The lowest BCUT2D eigenvalue weighted by Gasteiger charge is -2.20. The highest BCUT2D eigenvalue weighted by atomic mass is 16.1. The number of nitrogens with one attached hydrogen (secondary N) is 2. The number of benzene rings is 2. The molecule has 1 fully saturated rings. The molecule has 0 saturated carbocycles. The zero-order chi connectivity index (χ0) is 20.8. The van der Waals surface area contributed by atoms with Gasteiger partial charge < -0.3 is 25.5 Å². The normalized spacial score (nSPS) is 16.9. The van der Waals surface area contributed by atoms with Crippen molar-refractivity contribution >= 4 is 33.3 Å². The number of H-pyrrole nitrogens is 2. The van der Waals surface area contributed by atoms with Gasteiger partial charge >= 0.3 is 0 Å². The van der Waals surface area contributed by atoms with Gasteiger partial charge in [-0.2, -0.15) is 0 Å². The number of aromatic amines is 2. The molecule has 1 atom stereocenters. The Balaban J connectivity index is 1.52. The van der Waals surface area contributed by atoms with Gasteiger partial charge in [0.05, 0.1) is 16.8 Å². The van der Waals surface area contributed by atoms with Gasteiger partial charge in [0.1, 0.15) is 11.3 Å². The largest absolute Gasteiger partial charge is 0.397 e. The molecule has 1 unspecified atom stereocenters. The molecule has 3 heterocycles. The zero-order valence-electron chi connectivity index (χ0n) is 17.3. The van der Waals surface area contributed by atoms with E-state index in [0.717, 1.165) is 41.7 Å². The number of nitrogens with zero attached hydrogens (tertiary/aromatic N) is 3. The molecule has 30 heavy (non-hydrogen) atoms. The molecule has 5 rings (SSSR count). The maximum atomic E-state index is 12.6. The smallest absolute Gasteiger partial charge is 0.259 e. The standard InChI is InChI=1S/C23H26N6O/c1-28(2)12-14-7-8-29(13-14)16-10-18(24)21-20(11-16)25-22(27-21)17-9-15-5-3-4-6-19(15)26-23(17)30/h3-6,9-11,14H,7-8,12-13,24H2,1-2H3,(H,25,27)(H,26,30). The van der Waals surface area contributed by atoms with Gasteiger partial charge in [-0.15, -0.1) is 0 Å². The van der Waals surface area contributed by atoms with Crippen LogP contribution in [0.3, 0.4) is 0 Å². The number of aromatic nitrogens is 3. The van der Waals surface area contributed by atoms with Crippen molar-refractivity contribution in [1.29, 1.82) is 0 Å². The number of anilines is 2. The Morgan fingerprint density at radius 3 is 2.83 bits per heavy atom. The minimum atomic E-state index is -0.169. The summed E-state index contributed by atoms with van der Waals surface area (Å²) in [6.07, 6.45) is 1.18. The molecule has 2 aromatic carbocycles. The molecule has 2 aromatic heterocycles. The van der Waals surface area contributed by atoms with Crippen LogP contribution in [0.25, 0.3) is 33.3 Å². The molecule has 0 aliphatic carbocycles. The fourth-order valence-corrected chi connectivity index (χ4v) is 4.49. The van der Waals surface area contributed by atoms with Crippen LogP contribution in [0.1, 0.15) is 6.42 Å². The number of hydrogen-bond donors (Lipinski definition) is 3. The van der Waals surface area contributed by atoms with Crippen LogP contribution >= 0.6 is 0 Å². The molecule has 1 aliphatic rings. The summed E-state index contributed by atoms with van der Waals surface area (Å²) in [4.78, 5) is 28.2. The summed E-state index contributed by atoms with van der Waals surface area (Å²) in [5, 5.41) is 0.963. The lowest BCUT2D eigenvalue weighted by atomic mass is 10.1. The zero-order valence-corrected chi connectivity index (χ0v) is 17.3. The Hall–Kier alpha value is -3.32. The Morgan fingerprint density at radius 1 is 1.17 bits per heavy atom. The van der Waals surface area contributed by atoms with E-state index in [1.165, 1.54) is 6.42 Å². The first-order valence-corrected chi connectivity index (χ1v) is 10.3. The molecule has 0 spiro atoms. The molecular weight excluding hydrogens is 376 g/mol. The summed E-state index contributed by atoms with van der Waals surface area (Å²) in [7, 11) is 4.24. The van der Waals surface area contributed by atoms with Gasteiger partial charge in [0, 0.05) is 30.8 Å². The van der Waals surface area contributed by atoms with Crippen molar-refractivity contribution in [3.05, 3.63) is 52.8 Å². The van der Waals surface area contributed by atoms with E-state index in [1.807, 2.05) is 36.4 Å². The maximum absolute atomic E-state index is 12.6. The molecule has 0 radical (unpaired) electrons. The van der Waals surface area contributed by atoms with Crippen LogP contribution in [-0.4, -0.2) is 53.6 Å². The first-order chi connectivity index (χ1) is 14.5. The molecular formula is C23H26N6O. The van der Waals surface area contributed by atoms with Crippen LogP contribution in [0.4, 0.5) is 11.4 Å². The average molecular weight is 403 g/mol. The number of fused-ring (bicyclic) bond motifs is 2. The maximum Gasteiger partial charge on any atom is 0.259 e. The fourth-order valence-electron chi connectivity index (χ4n) is 4.49. The van der Waals surface area contributed by atoms with Crippen molar-refractivity contribution < 1.29 is 0 Å². The van der Waals surface area contributed by atoms with Crippen LogP contribution in [0, 0.1) is 5.92 Å². The molecule has 154 valence electrons. The Kier molecular flexibility index (Phi) is 4.47. The third-order valence-electron chi connectivity index (χ3n) is 5.88. The van der Waals surface area contributed by atoms with Crippen LogP contribution in [0.15, 0.2) is 47.3 Å². The minimum absolute atomic E-state index is 0.169. The monoisotopic (exact) mass is 402 g/mol. The highest BCUT2D eigenvalue weighted by molar-refractivity contribution is 5.93. The van der Waals surface area contributed by atoms with Crippen molar-refractivity contribution in [3.8, 4) is 11.4 Å². The average Bonchev–Trinajstić information content (AvgIpc) is 3.34. The van der Waals surface area contributed by atoms with Crippen molar-refractivity contribution in [3.63, 3.8) is 0 Å². The van der Waals surface area contributed by atoms with E-state index < -0.39 is 0 Å². The molecule has 4 N–H and O–H groups in total. The predicted octanol–water partition coefficient (Wildman–Crippen LogP) is 3.04. The van der Waals surface area contributed by atoms with E-state index in [0.29, 0.717) is 28.5 Å². The van der Waals surface area contributed by atoms with Gasteiger partial charge in [-0.25, -0.2) is 4.98 Å². The second-order valence-corrected chi connectivity index (χ2v) is 8.48. The molecule has 1 saturated heterocycles. The highest BCUT2D eigenvalue weighted by Crippen LogP contribution is 2.32. The Bertz CT molecular complexity index is 1290. The van der Waals surface area contributed by atoms with Crippen LogP contribution in [-0.2, 0) is 0 Å². The topological polar surface area (TPSA) is 94.0 Å².